The Bertz CT molecular complexity index is 426. The van der Waals surface area contributed by atoms with Crippen LogP contribution in [0, 0.1) is 5.41 Å². The van der Waals surface area contributed by atoms with Gasteiger partial charge in [0.15, 0.2) is 0 Å². The SMILES string of the molecule is CC(C)(C)CC(O)CNC(=O)c1cc(Cl)sc1Cl. The number of amides is 1. The Balaban J connectivity index is 2.49. The Labute approximate surface area is 121 Å². The first-order valence-corrected chi connectivity index (χ1v) is 7.17. The lowest BCUT2D eigenvalue weighted by atomic mass is 9.89. The summed E-state index contributed by atoms with van der Waals surface area (Å²) < 4.78 is 0.836. The summed E-state index contributed by atoms with van der Waals surface area (Å²) in [6.45, 7) is 6.31. The molecular weight excluding hydrogens is 293 g/mol. The smallest absolute Gasteiger partial charge is 0.253 e. The molecule has 0 saturated carbocycles. The largest absolute Gasteiger partial charge is 0.391 e. The zero-order chi connectivity index (χ0) is 13.9. The van der Waals surface area contributed by atoms with Crippen molar-refractivity contribution < 1.29 is 9.90 Å². The first kappa shape index (κ1) is 15.8. The summed E-state index contributed by atoms with van der Waals surface area (Å²) in [4.78, 5) is 11.8. The lowest BCUT2D eigenvalue weighted by Crippen LogP contribution is -2.34. The van der Waals surface area contributed by atoms with Gasteiger partial charge in [0.2, 0.25) is 0 Å². The van der Waals surface area contributed by atoms with Crippen molar-refractivity contribution in [3.63, 3.8) is 0 Å². The molecule has 1 aromatic rings. The fourth-order valence-corrected chi connectivity index (χ4v) is 3.04. The van der Waals surface area contributed by atoms with E-state index in [2.05, 4.69) is 5.32 Å². The molecule has 102 valence electrons. The van der Waals surface area contributed by atoms with Crippen LogP contribution in [-0.4, -0.2) is 23.7 Å². The molecule has 0 aliphatic carbocycles. The number of thiophene rings is 1. The van der Waals surface area contributed by atoms with Gasteiger partial charge in [0.05, 0.1) is 16.0 Å². The van der Waals surface area contributed by atoms with Gasteiger partial charge in [-0.1, -0.05) is 44.0 Å². The normalized spacial score (nSPS) is 13.4. The highest BCUT2D eigenvalue weighted by Gasteiger charge is 2.19. The quantitative estimate of drug-likeness (QED) is 0.893. The molecule has 0 spiro atoms. The van der Waals surface area contributed by atoms with Gasteiger partial charge in [-0.25, -0.2) is 0 Å². The maximum atomic E-state index is 11.8. The number of carbonyl (C=O) groups is 1. The van der Waals surface area contributed by atoms with Crippen molar-refractivity contribution in [1.82, 2.24) is 5.32 Å². The molecule has 1 rings (SSSR count). The van der Waals surface area contributed by atoms with Gasteiger partial charge in [-0.2, -0.15) is 0 Å². The topological polar surface area (TPSA) is 49.3 Å². The number of aliphatic hydroxyl groups is 1. The van der Waals surface area contributed by atoms with Crippen LogP contribution in [0.2, 0.25) is 8.67 Å². The van der Waals surface area contributed by atoms with Gasteiger partial charge >= 0.3 is 0 Å². The number of halogens is 2. The molecule has 0 bridgehead atoms. The molecule has 1 heterocycles. The van der Waals surface area contributed by atoms with E-state index in [1.165, 1.54) is 6.07 Å². The van der Waals surface area contributed by atoms with Crippen molar-refractivity contribution >= 4 is 40.4 Å². The second kappa shape index (κ2) is 6.24. The van der Waals surface area contributed by atoms with Crippen molar-refractivity contribution in [2.75, 3.05) is 6.54 Å². The minimum atomic E-state index is -0.568. The molecule has 1 unspecified atom stereocenters. The molecule has 1 aromatic heterocycles. The van der Waals surface area contributed by atoms with Crippen LogP contribution in [0.3, 0.4) is 0 Å². The monoisotopic (exact) mass is 309 g/mol. The Kier molecular flexibility index (Phi) is 5.46. The maximum Gasteiger partial charge on any atom is 0.253 e. The van der Waals surface area contributed by atoms with Gasteiger partial charge in [-0.05, 0) is 17.9 Å². The van der Waals surface area contributed by atoms with Crippen molar-refractivity contribution in [1.29, 1.82) is 0 Å². The summed E-state index contributed by atoms with van der Waals surface area (Å²) in [5.74, 6) is -0.309. The Morgan fingerprint density at radius 1 is 1.50 bits per heavy atom. The summed E-state index contributed by atoms with van der Waals surface area (Å²) in [6, 6.07) is 1.53. The zero-order valence-electron chi connectivity index (χ0n) is 10.6. The van der Waals surface area contributed by atoms with Crippen molar-refractivity contribution in [2.24, 2.45) is 5.41 Å². The number of nitrogens with one attached hydrogen (secondary N) is 1. The summed E-state index contributed by atoms with van der Waals surface area (Å²) in [5, 5.41) is 12.4. The number of hydrogen-bond acceptors (Lipinski definition) is 3. The molecular formula is C12H17Cl2NO2S. The third-order valence-electron chi connectivity index (χ3n) is 2.25. The predicted molar refractivity (Wildman–Crippen MR) is 76.8 cm³/mol. The van der Waals surface area contributed by atoms with Crippen LogP contribution in [0.1, 0.15) is 37.6 Å². The minimum absolute atomic E-state index is 0.0213. The second-order valence-corrected chi connectivity index (χ2v) is 7.65. The summed E-state index contributed by atoms with van der Waals surface area (Å²) >= 11 is 12.8. The first-order chi connectivity index (χ1) is 8.19. The molecule has 2 N–H and O–H groups in total. The summed E-state index contributed by atoms with van der Waals surface area (Å²) in [5.41, 5.74) is 0.377. The molecule has 0 saturated heterocycles. The van der Waals surface area contributed by atoms with Gasteiger partial charge in [0.25, 0.3) is 5.91 Å². The molecule has 0 aromatic carbocycles. The molecule has 0 radical (unpaired) electrons. The highest BCUT2D eigenvalue weighted by Crippen LogP contribution is 2.31. The van der Waals surface area contributed by atoms with Crippen LogP contribution < -0.4 is 5.32 Å². The van der Waals surface area contributed by atoms with Gasteiger partial charge in [0, 0.05) is 6.54 Å². The molecule has 0 aliphatic rings. The van der Waals surface area contributed by atoms with E-state index in [4.69, 9.17) is 23.2 Å². The molecule has 1 atom stereocenters. The molecule has 6 heteroatoms. The van der Waals surface area contributed by atoms with Crippen molar-refractivity contribution in [3.8, 4) is 0 Å². The van der Waals surface area contributed by atoms with E-state index in [0.29, 0.717) is 20.7 Å². The van der Waals surface area contributed by atoms with Crippen molar-refractivity contribution in [3.05, 3.63) is 20.3 Å². The summed E-state index contributed by atoms with van der Waals surface area (Å²) in [6.07, 6.45) is 0.0487. The van der Waals surface area contributed by atoms with Crippen LogP contribution in [-0.2, 0) is 0 Å². The Morgan fingerprint density at radius 3 is 2.56 bits per heavy atom. The van der Waals surface area contributed by atoms with E-state index in [-0.39, 0.29) is 17.9 Å². The Morgan fingerprint density at radius 2 is 2.11 bits per heavy atom. The van der Waals surface area contributed by atoms with E-state index in [9.17, 15) is 9.90 Å². The number of carbonyl (C=O) groups excluding carboxylic acids is 1. The number of rotatable bonds is 4. The van der Waals surface area contributed by atoms with E-state index in [0.717, 1.165) is 11.3 Å². The van der Waals surface area contributed by atoms with E-state index >= 15 is 0 Å². The van der Waals surface area contributed by atoms with Gasteiger partial charge < -0.3 is 10.4 Å². The second-order valence-electron chi connectivity index (χ2n) is 5.37. The number of aliphatic hydroxyl groups excluding tert-OH is 1. The van der Waals surface area contributed by atoms with Gasteiger partial charge in [-0.15, -0.1) is 11.3 Å². The molecule has 0 fully saturated rings. The predicted octanol–water partition coefficient (Wildman–Crippen LogP) is 3.58. The third kappa shape index (κ3) is 5.14. The maximum absolute atomic E-state index is 11.8. The van der Waals surface area contributed by atoms with Crippen LogP contribution in [0.5, 0.6) is 0 Å². The highest BCUT2D eigenvalue weighted by atomic mass is 35.5. The van der Waals surface area contributed by atoms with Crippen LogP contribution in [0.15, 0.2) is 6.07 Å². The van der Waals surface area contributed by atoms with Crippen LogP contribution in [0.4, 0.5) is 0 Å². The van der Waals surface area contributed by atoms with Crippen molar-refractivity contribution in [2.45, 2.75) is 33.3 Å². The van der Waals surface area contributed by atoms with Crippen LogP contribution in [0.25, 0.3) is 0 Å². The average molecular weight is 310 g/mol. The molecule has 1 amide bonds. The number of hydrogen-bond donors (Lipinski definition) is 2. The standard InChI is InChI=1S/C12H17Cl2NO2S/c1-12(2,3)5-7(16)6-15-11(17)8-4-9(13)18-10(8)14/h4,7,16H,5-6H2,1-3H3,(H,15,17). The van der Waals surface area contributed by atoms with Gasteiger partial charge in [-0.3, -0.25) is 4.79 Å². The van der Waals surface area contributed by atoms with E-state index < -0.39 is 6.10 Å². The average Bonchev–Trinajstić information content (AvgIpc) is 2.52. The van der Waals surface area contributed by atoms with Gasteiger partial charge in [0.1, 0.15) is 4.34 Å². The Hall–Kier alpha value is -0.290. The highest BCUT2D eigenvalue weighted by molar-refractivity contribution is 7.20. The fourth-order valence-electron chi connectivity index (χ4n) is 1.58. The molecule has 0 aliphatic heterocycles. The lowest BCUT2D eigenvalue weighted by Gasteiger charge is -2.22. The van der Waals surface area contributed by atoms with Crippen LogP contribution >= 0.6 is 34.5 Å². The fraction of sp³-hybridized carbons (Fsp3) is 0.583. The minimum Gasteiger partial charge on any atom is -0.391 e. The lowest BCUT2D eigenvalue weighted by molar-refractivity contribution is 0.0869. The zero-order valence-corrected chi connectivity index (χ0v) is 12.9. The third-order valence-corrected chi connectivity index (χ3v) is 3.74. The first-order valence-electron chi connectivity index (χ1n) is 5.60. The van der Waals surface area contributed by atoms with E-state index in [1.807, 2.05) is 20.8 Å². The molecule has 18 heavy (non-hydrogen) atoms. The van der Waals surface area contributed by atoms with E-state index in [1.54, 1.807) is 0 Å². The molecule has 3 nitrogen and oxygen atoms in total. The summed E-state index contributed by atoms with van der Waals surface area (Å²) in [7, 11) is 0.